The molecule has 0 aliphatic heterocycles. The maximum atomic E-state index is 13.9. The monoisotopic (exact) mass is 386 g/mol. The van der Waals surface area contributed by atoms with Gasteiger partial charge in [-0.3, -0.25) is 4.98 Å². The lowest BCUT2D eigenvalue weighted by Gasteiger charge is -2.13. The Kier molecular flexibility index (Phi) is 6.63. The van der Waals surface area contributed by atoms with Crippen molar-refractivity contribution in [1.82, 2.24) is 10.3 Å². The summed E-state index contributed by atoms with van der Waals surface area (Å²) in [5.41, 5.74) is 2.49. The minimum Gasteiger partial charge on any atom is -0.493 e. The first-order valence-corrected chi connectivity index (χ1v) is 8.87. The van der Waals surface area contributed by atoms with Crippen molar-refractivity contribution in [2.75, 3.05) is 7.11 Å². The molecule has 1 aromatic heterocycles. The summed E-state index contributed by atoms with van der Waals surface area (Å²) in [6.07, 6.45) is 3.58. The molecule has 0 amide bonds. The third kappa shape index (κ3) is 5.18. The summed E-state index contributed by atoms with van der Waals surface area (Å²) in [7, 11) is 1.57. The van der Waals surface area contributed by atoms with Crippen molar-refractivity contribution in [2.24, 2.45) is 0 Å². The molecule has 0 unspecified atom stereocenters. The highest BCUT2D eigenvalue weighted by molar-refractivity contribution is 6.31. The number of ether oxygens (including phenoxy) is 2. The Bertz CT molecular complexity index is 870. The van der Waals surface area contributed by atoms with Crippen LogP contribution in [0.2, 0.25) is 5.02 Å². The zero-order valence-corrected chi connectivity index (χ0v) is 15.7. The van der Waals surface area contributed by atoms with Crippen molar-refractivity contribution in [3.05, 3.63) is 88.5 Å². The van der Waals surface area contributed by atoms with Gasteiger partial charge in [0.05, 0.1) is 12.1 Å². The van der Waals surface area contributed by atoms with Crippen LogP contribution < -0.4 is 14.8 Å². The quantitative estimate of drug-likeness (QED) is 0.606. The van der Waals surface area contributed by atoms with Crippen LogP contribution in [0.1, 0.15) is 16.7 Å². The van der Waals surface area contributed by atoms with E-state index in [-0.39, 0.29) is 6.61 Å². The van der Waals surface area contributed by atoms with Crippen LogP contribution in [0.15, 0.2) is 60.9 Å². The van der Waals surface area contributed by atoms with E-state index in [1.165, 1.54) is 6.07 Å². The Balaban J connectivity index is 1.62. The minimum atomic E-state index is -0.391. The fraction of sp³-hybridized carbons (Fsp3) is 0.190. The second-order valence-corrected chi connectivity index (χ2v) is 6.35. The van der Waals surface area contributed by atoms with Crippen LogP contribution in [0.5, 0.6) is 11.5 Å². The SMILES string of the molecule is COc1cc(CNCc2cccnc2)ccc1OCc1c(F)cccc1Cl. The number of halogens is 2. The first-order chi connectivity index (χ1) is 13.2. The van der Waals surface area contributed by atoms with E-state index in [1.54, 1.807) is 25.4 Å². The van der Waals surface area contributed by atoms with Crippen LogP contribution >= 0.6 is 11.6 Å². The molecule has 6 heteroatoms. The zero-order valence-electron chi connectivity index (χ0n) is 14.9. The molecule has 4 nitrogen and oxygen atoms in total. The van der Waals surface area contributed by atoms with Crippen molar-refractivity contribution in [1.29, 1.82) is 0 Å². The van der Waals surface area contributed by atoms with Gasteiger partial charge in [-0.2, -0.15) is 0 Å². The molecule has 140 valence electrons. The zero-order chi connectivity index (χ0) is 19.1. The van der Waals surface area contributed by atoms with Gasteiger partial charge in [-0.15, -0.1) is 0 Å². The van der Waals surface area contributed by atoms with Gasteiger partial charge in [0.25, 0.3) is 0 Å². The highest BCUT2D eigenvalue weighted by atomic mass is 35.5. The Labute approximate surface area is 162 Å². The summed E-state index contributed by atoms with van der Waals surface area (Å²) in [6, 6.07) is 14.1. The van der Waals surface area contributed by atoms with Crippen LogP contribution in [0.3, 0.4) is 0 Å². The topological polar surface area (TPSA) is 43.4 Å². The largest absolute Gasteiger partial charge is 0.493 e. The average Bonchev–Trinajstić information content (AvgIpc) is 2.69. The van der Waals surface area contributed by atoms with Gasteiger partial charge in [0, 0.05) is 31.0 Å². The average molecular weight is 387 g/mol. The molecule has 1 N–H and O–H groups in total. The first kappa shape index (κ1) is 19.1. The summed E-state index contributed by atoms with van der Waals surface area (Å²) in [5, 5.41) is 3.70. The van der Waals surface area contributed by atoms with E-state index in [1.807, 2.05) is 36.5 Å². The van der Waals surface area contributed by atoms with Gasteiger partial charge in [0.15, 0.2) is 11.5 Å². The molecule has 0 aliphatic rings. The first-order valence-electron chi connectivity index (χ1n) is 8.49. The maximum absolute atomic E-state index is 13.9. The number of aromatic nitrogens is 1. The van der Waals surface area contributed by atoms with Gasteiger partial charge in [-0.1, -0.05) is 29.8 Å². The van der Waals surface area contributed by atoms with Crippen molar-refractivity contribution in [3.63, 3.8) is 0 Å². The molecule has 0 spiro atoms. The van der Waals surface area contributed by atoms with Crippen LogP contribution in [0.25, 0.3) is 0 Å². The molecule has 0 atom stereocenters. The Morgan fingerprint density at radius 2 is 1.89 bits per heavy atom. The van der Waals surface area contributed by atoms with Gasteiger partial charge >= 0.3 is 0 Å². The van der Waals surface area contributed by atoms with Gasteiger partial charge in [0.1, 0.15) is 12.4 Å². The summed E-state index contributed by atoms with van der Waals surface area (Å²) in [4.78, 5) is 4.09. The molecule has 2 aromatic carbocycles. The van der Waals surface area contributed by atoms with Crippen molar-refractivity contribution >= 4 is 11.6 Å². The molecule has 0 bridgehead atoms. The van der Waals surface area contributed by atoms with Gasteiger partial charge in [-0.05, 0) is 41.5 Å². The van der Waals surface area contributed by atoms with Gasteiger partial charge in [0.2, 0.25) is 0 Å². The standard InChI is InChI=1S/C21H20ClFN2O2/c1-26-21-10-15(11-25-13-16-4-3-9-24-12-16)7-8-20(21)27-14-17-18(22)5-2-6-19(17)23/h2-10,12,25H,11,13-14H2,1H3. The van der Waals surface area contributed by atoms with Crippen molar-refractivity contribution in [2.45, 2.75) is 19.7 Å². The van der Waals surface area contributed by atoms with Crippen LogP contribution in [-0.2, 0) is 19.7 Å². The molecule has 1 heterocycles. The van der Waals surface area contributed by atoms with E-state index in [2.05, 4.69) is 10.3 Å². The molecule has 3 aromatic rings. The Hall–Kier alpha value is -2.63. The molecule has 0 fully saturated rings. The number of rotatable bonds is 8. The summed E-state index contributed by atoms with van der Waals surface area (Å²) in [6.45, 7) is 1.42. The van der Waals surface area contributed by atoms with Crippen molar-refractivity contribution in [3.8, 4) is 11.5 Å². The van der Waals surface area contributed by atoms with Crippen LogP contribution in [0.4, 0.5) is 4.39 Å². The number of benzene rings is 2. The lowest BCUT2D eigenvalue weighted by molar-refractivity contribution is 0.279. The lowest BCUT2D eigenvalue weighted by atomic mass is 10.2. The number of nitrogens with zero attached hydrogens (tertiary/aromatic N) is 1. The normalized spacial score (nSPS) is 10.6. The van der Waals surface area contributed by atoms with E-state index in [0.717, 1.165) is 17.7 Å². The molecule has 0 saturated heterocycles. The van der Waals surface area contributed by atoms with E-state index in [0.29, 0.717) is 28.6 Å². The smallest absolute Gasteiger partial charge is 0.161 e. The minimum absolute atomic E-state index is 0.0282. The summed E-state index contributed by atoms with van der Waals surface area (Å²) < 4.78 is 25.0. The van der Waals surface area contributed by atoms with E-state index < -0.39 is 5.82 Å². The third-order valence-electron chi connectivity index (χ3n) is 4.04. The second kappa shape index (κ2) is 9.35. The van der Waals surface area contributed by atoms with E-state index >= 15 is 0 Å². The summed E-state index contributed by atoms with van der Waals surface area (Å²) in [5.74, 6) is 0.730. The third-order valence-corrected chi connectivity index (χ3v) is 4.40. The van der Waals surface area contributed by atoms with Gasteiger partial charge < -0.3 is 14.8 Å². The Morgan fingerprint density at radius 3 is 2.63 bits per heavy atom. The number of pyridine rings is 1. The molecular formula is C21H20ClFN2O2. The fourth-order valence-corrected chi connectivity index (χ4v) is 2.83. The van der Waals surface area contributed by atoms with Crippen LogP contribution in [-0.4, -0.2) is 12.1 Å². The number of hydrogen-bond donors (Lipinski definition) is 1. The number of methoxy groups -OCH3 is 1. The molecule has 0 radical (unpaired) electrons. The number of hydrogen-bond acceptors (Lipinski definition) is 4. The van der Waals surface area contributed by atoms with Crippen molar-refractivity contribution < 1.29 is 13.9 Å². The molecule has 3 rings (SSSR count). The highest BCUT2D eigenvalue weighted by Crippen LogP contribution is 2.30. The van der Waals surface area contributed by atoms with E-state index in [9.17, 15) is 4.39 Å². The number of nitrogens with one attached hydrogen (secondary N) is 1. The predicted molar refractivity (Wildman–Crippen MR) is 104 cm³/mol. The predicted octanol–water partition coefficient (Wildman–Crippen LogP) is 4.75. The summed E-state index contributed by atoms with van der Waals surface area (Å²) >= 11 is 6.04. The molecule has 0 saturated carbocycles. The van der Waals surface area contributed by atoms with Crippen LogP contribution in [0, 0.1) is 5.82 Å². The highest BCUT2D eigenvalue weighted by Gasteiger charge is 2.11. The fourth-order valence-electron chi connectivity index (χ4n) is 2.62. The second-order valence-electron chi connectivity index (χ2n) is 5.94. The van der Waals surface area contributed by atoms with E-state index in [4.69, 9.17) is 21.1 Å². The molecular weight excluding hydrogens is 367 g/mol. The molecule has 0 aliphatic carbocycles. The Morgan fingerprint density at radius 1 is 1.04 bits per heavy atom. The lowest BCUT2D eigenvalue weighted by Crippen LogP contribution is -2.13. The maximum Gasteiger partial charge on any atom is 0.161 e. The molecule has 27 heavy (non-hydrogen) atoms. The van der Waals surface area contributed by atoms with Gasteiger partial charge in [-0.25, -0.2) is 4.39 Å².